The predicted octanol–water partition coefficient (Wildman–Crippen LogP) is 1.62. The van der Waals surface area contributed by atoms with Crippen molar-refractivity contribution < 1.29 is 9.90 Å². The van der Waals surface area contributed by atoms with Gasteiger partial charge in [-0.15, -0.1) is 0 Å². The maximum absolute atomic E-state index is 11.7. The molecular formula is C15H23N3O2. The van der Waals surface area contributed by atoms with Crippen molar-refractivity contribution in [2.75, 3.05) is 26.2 Å². The van der Waals surface area contributed by atoms with Gasteiger partial charge in [-0.25, -0.2) is 0 Å². The second-order valence-corrected chi connectivity index (χ2v) is 5.21. The van der Waals surface area contributed by atoms with Gasteiger partial charge in [-0.2, -0.15) is 0 Å². The van der Waals surface area contributed by atoms with Crippen molar-refractivity contribution in [3.05, 3.63) is 30.1 Å². The Morgan fingerprint density at radius 2 is 2.30 bits per heavy atom. The first-order valence-electron chi connectivity index (χ1n) is 7.28. The Morgan fingerprint density at radius 1 is 1.50 bits per heavy atom. The normalized spacial score (nSPS) is 22.6. The van der Waals surface area contributed by atoms with Crippen molar-refractivity contribution in [3.63, 3.8) is 0 Å². The number of carboxylic acids is 1. The van der Waals surface area contributed by atoms with E-state index in [-0.39, 0.29) is 0 Å². The fraction of sp³-hybridized carbons (Fsp3) is 0.600. The van der Waals surface area contributed by atoms with Gasteiger partial charge in [-0.05, 0) is 24.6 Å². The molecule has 5 heteroatoms. The van der Waals surface area contributed by atoms with E-state index in [1.807, 2.05) is 6.07 Å². The average molecular weight is 277 g/mol. The number of hydrogen-bond donors (Lipinski definition) is 1. The van der Waals surface area contributed by atoms with E-state index in [9.17, 15) is 9.90 Å². The summed E-state index contributed by atoms with van der Waals surface area (Å²) in [6.07, 6.45) is 4.38. The number of piperazine rings is 1. The summed E-state index contributed by atoms with van der Waals surface area (Å²) in [5.74, 6) is -0.794. The molecule has 0 amide bonds. The molecule has 20 heavy (non-hydrogen) atoms. The first-order valence-corrected chi connectivity index (χ1v) is 7.28. The number of carbonyl (C=O) groups is 1. The Balaban J connectivity index is 2.17. The number of rotatable bonds is 5. The monoisotopic (exact) mass is 277 g/mol. The molecule has 1 saturated heterocycles. The lowest BCUT2D eigenvalue weighted by atomic mass is 10.0. The molecule has 1 aromatic heterocycles. The minimum Gasteiger partial charge on any atom is -0.480 e. The van der Waals surface area contributed by atoms with E-state index in [1.54, 1.807) is 18.5 Å². The first-order chi connectivity index (χ1) is 9.67. The van der Waals surface area contributed by atoms with Crippen LogP contribution in [0.1, 0.15) is 31.9 Å². The third-order valence-corrected chi connectivity index (χ3v) is 4.11. The number of pyridine rings is 1. The number of nitrogens with zero attached hydrogens (tertiary/aromatic N) is 3. The Hall–Kier alpha value is -1.46. The molecule has 5 nitrogen and oxygen atoms in total. The zero-order chi connectivity index (χ0) is 14.5. The van der Waals surface area contributed by atoms with Crippen LogP contribution in [0, 0.1) is 0 Å². The molecule has 0 aliphatic carbocycles. The molecule has 1 aromatic rings. The first kappa shape index (κ1) is 14.9. The Kier molecular flexibility index (Phi) is 5.09. The van der Waals surface area contributed by atoms with Crippen LogP contribution in [0.15, 0.2) is 24.5 Å². The minimum absolute atomic E-state index is 0.437. The molecular weight excluding hydrogens is 254 g/mol. The SMILES string of the molecule is CCC1CN(C(C(=O)O)c2cccnc2)CCN1CC. The van der Waals surface area contributed by atoms with Gasteiger partial charge in [-0.3, -0.25) is 19.6 Å². The van der Waals surface area contributed by atoms with Crippen LogP contribution >= 0.6 is 0 Å². The van der Waals surface area contributed by atoms with E-state index >= 15 is 0 Å². The van der Waals surface area contributed by atoms with E-state index in [4.69, 9.17) is 0 Å². The van der Waals surface area contributed by atoms with Crippen molar-refractivity contribution in [2.24, 2.45) is 0 Å². The highest BCUT2D eigenvalue weighted by molar-refractivity contribution is 5.75. The fourth-order valence-corrected chi connectivity index (χ4v) is 3.00. The summed E-state index contributed by atoms with van der Waals surface area (Å²) in [6.45, 7) is 7.87. The molecule has 2 atom stereocenters. The van der Waals surface area contributed by atoms with E-state index in [0.29, 0.717) is 6.04 Å². The highest BCUT2D eigenvalue weighted by Gasteiger charge is 2.33. The standard InChI is InChI=1S/C15H23N3O2/c1-3-13-11-18(9-8-17(13)4-2)14(15(19)20)12-6-5-7-16-10-12/h5-7,10,13-14H,3-4,8-9,11H2,1-2H3,(H,19,20). The van der Waals surface area contributed by atoms with Crippen molar-refractivity contribution in [1.29, 1.82) is 0 Å². The van der Waals surface area contributed by atoms with Crippen LogP contribution in [-0.4, -0.2) is 58.1 Å². The fourth-order valence-electron chi connectivity index (χ4n) is 3.00. The van der Waals surface area contributed by atoms with Crippen LogP contribution in [0.25, 0.3) is 0 Å². The number of carboxylic acid groups (broad SMARTS) is 1. The van der Waals surface area contributed by atoms with Crippen LogP contribution in [0.4, 0.5) is 0 Å². The van der Waals surface area contributed by atoms with E-state index in [1.165, 1.54) is 0 Å². The van der Waals surface area contributed by atoms with Gasteiger partial charge < -0.3 is 5.11 Å². The van der Waals surface area contributed by atoms with Gasteiger partial charge in [0.1, 0.15) is 6.04 Å². The predicted molar refractivity (Wildman–Crippen MR) is 77.5 cm³/mol. The molecule has 1 aliphatic heterocycles. The lowest BCUT2D eigenvalue weighted by molar-refractivity contribution is -0.145. The minimum atomic E-state index is -0.794. The van der Waals surface area contributed by atoms with Crippen LogP contribution in [0.3, 0.4) is 0 Å². The zero-order valence-corrected chi connectivity index (χ0v) is 12.2. The molecule has 0 aromatic carbocycles. The van der Waals surface area contributed by atoms with Gasteiger partial charge in [0.25, 0.3) is 0 Å². The quantitative estimate of drug-likeness (QED) is 0.886. The van der Waals surface area contributed by atoms with Gasteiger partial charge in [-0.1, -0.05) is 19.9 Å². The largest absolute Gasteiger partial charge is 0.480 e. The van der Waals surface area contributed by atoms with Gasteiger partial charge in [0.15, 0.2) is 0 Å². The van der Waals surface area contributed by atoms with Gasteiger partial charge in [0.05, 0.1) is 0 Å². The van der Waals surface area contributed by atoms with Crippen molar-refractivity contribution in [1.82, 2.24) is 14.8 Å². The van der Waals surface area contributed by atoms with Crippen molar-refractivity contribution >= 4 is 5.97 Å². The Labute approximate surface area is 120 Å². The molecule has 2 rings (SSSR count). The highest BCUT2D eigenvalue weighted by atomic mass is 16.4. The molecule has 2 unspecified atom stereocenters. The lowest BCUT2D eigenvalue weighted by Gasteiger charge is -2.42. The second-order valence-electron chi connectivity index (χ2n) is 5.21. The number of likely N-dealkylation sites (N-methyl/N-ethyl adjacent to an activating group) is 1. The van der Waals surface area contributed by atoms with E-state index in [0.717, 1.165) is 38.2 Å². The summed E-state index contributed by atoms with van der Waals surface area (Å²) in [7, 11) is 0. The Bertz CT molecular complexity index is 438. The van der Waals surface area contributed by atoms with Crippen molar-refractivity contribution in [3.8, 4) is 0 Å². The third-order valence-electron chi connectivity index (χ3n) is 4.11. The summed E-state index contributed by atoms with van der Waals surface area (Å²) < 4.78 is 0. The van der Waals surface area contributed by atoms with Crippen molar-refractivity contribution in [2.45, 2.75) is 32.4 Å². The second kappa shape index (κ2) is 6.81. The third kappa shape index (κ3) is 3.16. The van der Waals surface area contributed by atoms with Gasteiger partial charge in [0, 0.05) is 38.1 Å². The molecule has 1 aliphatic rings. The van der Waals surface area contributed by atoms with E-state index < -0.39 is 12.0 Å². The number of aliphatic carboxylic acids is 1. The molecule has 0 bridgehead atoms. The number of hydrogen-bond acceptors (Lipinski definition) is 4. The molecule has 0 radical (unpaired) electrons. The highest BCUT2D eigenvalue weighted by Crippen LogP contribution is 2.24. The molecule has 1 N–H and O–H groups in total. The van der Waals surface area contributed by atoms with Crippen LogP contribution < -0.4 is 0 Å². The summed E-state index contributed by atoms with van der Waals surface area (Å²) in [5, 5.41) is 9.58. The van der Waals surface area contributed by atoms with Gasteiger partial charge >= 0.3 is 5.97 Å². The smallest absolute Gasteiger partial charge is 0.325 e. The summed E-state index contributed by atoms with van der Waals surface area (Å²) >= 11 is 0. The molecule has 0 spiro atoms. The average Bonchev–Trinajstić information content (AvgIpc) is 2.48. The maximum atomic E-state index is 11.7. The van der Waals surface area contributed by atoms with E-state index in [2.05, 4.69) is 28.6 Å². The Morgan fingerprint density at radius 3 is 2.85 bits per heavy atom. The zero-order valence-electron chi connectivity index (χ0n) is 12.2. The molecule has 110 valence electrons. The molecule has 0 saturated carbocycles. The summed E-state index contributed by atoms with van der Waals surface area (Å²) in [5.41, 5.74) is 0.764. The maximum Gasteiger partial charge on any atom is 0.325 e. The van der Waals surface area contributed by atoms with Crippen LogP contribution in [0.2, 0.25) is 0 Å². The van der Waals surface area contributed by atoms with Gasteiger partial charge in [0.2, 0.25) is 0 Å². The topological polar surface area (TPSA) is 56.7 Å². The molecule has 2 heterocycles. The van der Waals surface area contributed by atoms with Crippen LogP contribution in [0.5, 0.6) is 0 Å². The number of aromatic nitrogens is 1. The molecule has 1 fully saturated rings. The van der Waals surface area contributed by atoms with Crippen LogP contribution in [-0.2, 0) is 4.79 Å². The summed E-state index contributed by atoms with van der Waals surface area (Å²) in [6, 6.07) is 3.49. The summed E-state index contributed by atoms with van der Waals surface area (Å²) in [4.78, 5) is 20.2. The lowest BCUT2D eigenvalue weighted by Crippen LogP contribution is -2.54.